The van der Waals surface area contributed by atoms with Gasteiger partial charge in [0.2, 0.25) is 0 Å². The molecule has 26 heavy (non-hydrogen) atoms. The number of para-hydroxylation sites is 1. The van der Waals surface area contributed by atoms with Gasteiger partial charge in [-0.1, -0.05) is 18.2 Å². The lowest BCUT2D eigenvalue weighted by Crippen LogP contribution is -2.39. The van der Waals surface area contributed by atoms with Gasteiger partial charge in [0, 0.05) is 44.7 Å². The monoisotopic (exact) mass is 349 g/mol. The summed E-state index contributed by atoms with van der Waals surface area (Å²) in [5, 5.41) is 7.85. The highest BCUT2D eigenvalue weighted by Crippen LogP contribution is 2.29. The van der Waals surface area contributed by atoms with Gasteiger partial charge in [-0.05, 0) is 30.5 Å². The molecule has 1 aliphatic rings. The maximum atomic E-state index is 13.4. The van der Waals surface area contributed by atoms with Crippen LogP contribution in [0.4, 0.5) is 5.82 Å². The fourth-order valence-electron chi connectivity index (χ4n) is 3.66. The third kappa shape index (κ3) is 3.03. The molecule has 3 heterocycles. The van der Waals surface area contributed by atoms with E-state index in [0.717, 1.165) is 48.2 Å². The molecule has 0 aliphatic carbocycles. The van der Waals surface area contributed by atoms with Crippen LogP contribution >= 0.6 is 0 Å². The largest absolute Gasteiger partial charge is 0.363 e. The molecule has 0 spiro atoms. The molecule has 0 radical (unpaired) electrons. The van der Waals surface area contributed by atoms with Crippen LogP contribution in [0.1, 0.15) is 34.7 Å². The second kappa shape index (κ2) is 6.78. The quantitative estimate of drug-likeness (QED) is 0.789. The first-order chi connectivity index (χ1) is 12.6. The third-order valence-electron chi connectivity index (χ3n) is 5.09. The number of nitrogens with zero attached hydrogens (tertiary/aromatic N) is 4. The van der Waals surface area contributed by atoms with Crippen molar-refractivity contribution < 1.29 is 4.79 Å². The predicted molar refractivity (Wildman–Crippen MR) is 103 cm³/mol. The standard InChI is InChI=1S/C20H23N5O/c1-24(2)19-10-17(16-7-3-4-8-18(16)23-19)20(26)25-9-5-6-14(13-25)15-11-21-22-12-15/h3-4,7-8,10-12,14H,5-6,9,13H2,1-2H3,(H,21,22)/t14-/m0/s1. The minimum atomic E-state index is 0.0832. The lowest BCUT2D eigenvalue weighted by atomic mass is 9.92. The Balaban J connectivity index is 1.69. The molecule has 0 bridgehead atoms. The molecule has 1 aromatic carbocycles. The summed E-state index contributed by atoms with van der Waals surface area (Å²) in [6.07, 6.45) is 5.89. The molecule has 1 atom stereocenters. The van der Waals surface area contributed by atoms with E-state index in [1.54, 1.807) is 0 Å². The van der Waals surface area contributed by atoms with E-state index in [1.165, 1.54) is 5.56 Å². The zero-order valence-corrected chi connectivity index (χ0v) is 15.1. The van der Waals surface area contributed by atoms with E-state index < -0.39 is 0 Å². The first kappa shape index (κ1) is 16.6. The topological polar surface area (TPSA) is 65.1 Å². The van der Waals surface area contributed by atoms with Gasteiger partial charge in [0.05, 0.1) is 17.3 Å². The Bertz CT molecular complexity index is 919. The van der Waals surface area contributed by atoms with Gasteiger partial charge in [-0.3, -0.25) is 9.89 Å². The van der Waals surface area contributed by atoms with Crippen molar-refractivity contribution in [1.82, 2.24) is 20.1 Å². The maximum absolute atomic E-state index is 13.4. The van der Waals surface area contributed by atoms with Gasteiger partial charge in [-0.15, -0.1) is 0 Å². The van der Waals surface area contributed by atoms with E-state index in [9.17, 15) is 4.79 Å². The Hall–Kier alpha value is -2.89. The normalized spacial score (nSPS) is 17.5. The summed E-state index contributed by atoms with van der Waals surface area (Å²) in [6.45, 7) is 1.52. The van der Waals surface area contributed by atoms with Crippen LogP contribution in [-0.4, -0.2) is 53.2 Å². The number of rotatable bonds is 3. The number of amides is 1. The maximum Gasteiger partial charge on any atom is 0.254 e. The first-order valence-electron chi connectivity index (χ1n) is 8.98. The molecule has 2 aromatic heterocycles. The number of benzene rings is 1. The van der Waals surface area contributed by atoms with E-state index in [0.29, 0.717) is 5.92 Å². The van der Waals surface area contributed by atoms with Gasteiger partial charge >= 0.3 is 0 Å². The number of H-pyrrole nitrogens is 1. The third-order valence-corrected chi connectivity index (χ3v) is 5.09. The second-order valence-corrected chi connectivity index (χ2v) is 7.06. The van der Waals surface area contributed by atoms with Gasteiger partial charge < -0.3 is 9.80 Å². The Labute approximate surface area is 152 Å². The molecule has 1 fully saturated rings. The van der Waals surface area contributed by atoms with Gasteiger partial charge in [0.1, 0.15) is 5.82 Å². The second-order valence-electron chi connectivity index (χ2n) is 7.06. The van der Waals surface area contributed by atoms with Crippen LogP contribution in [0.5, 0.6) is 0 Å². The molecule has 1 saturated heterocycles. The fraction of sp³-hybridized carbons (Fsp3) is 0.350. The number of hydrogen-bond acceptors (Lipinski definition) is 4. The minimum absolute atomic E-state index is 0.0832. The summed E-state index contributed by atoms with van der Waals surface area (Å²) in [7, 11) is 3.89. The number of carbonyl (C=O) groups excluding carboxylic acids is 1. The van der Waals surface area contributed by atoms with Crippen molar-refractivity contribution in [3.63, 3.8) is 0 Å². The number of nitrogens with one attached hydrogen (secondary N) is 1. The molecule has 3 aromatic rings. The summed E-state index contributed by atoms with van der Waals surface area (Å²) in [4.78, 5) is 21.9. The smallest absolute Gasteiger partial charge is 0.254 e. The predicted octanol–water partition coefficient (Wildman–Crippen LogP) is 3.04. The van der Waals surface area contributed by atoms with Crippen molar-refractivity contribution in [1.29, 1.82) is 0 Å². The molecule has 0 saturated carbocycles. The van der Waals surface area contributed by atoms with Crippen LogP contribution in [0.3, 0.4) is 0 Å². The van der Waals surface area contributed by atoms with Gasteiger partial charge in [-0.25, -0.2) is 4.98 Å². The van der Waals surface area contributed by atoms with Crippen LogP contribution in [0.2, 0.25) is 0 Å². The number of carbonyl (C=O) groups is 1. The van der Waals surface area contributed by atoms with E-state index in [1.807, 2.05) is 66.6 Å². The highest BCUT2D eigenvalue weighted by molar-refractivity contribution is 6.07. The Morgan fingerprint density at radius 2 is 2.15 bits per heavy atom. The number of anilines is 1. The number of pyridine rings is 1. The summed E-state index contributed by atoms with van der Waals surface area (Å²) >= 11 is 0. The molecular formula is C20H23N5O. The van der Waals surface area contributed by atoms with Crippen molar-refractivity contribution >= 4 is 22.6 Å². The van der Waals surface area contributed by atoms with Crippen molar-refractivity contribution in [2.45, 2.75) is 18.8 Å². The number of piperidine rings is 1. The van der Waals surface area contributed by atoms with Crippen LogP contribution in [-0.2, 0) is 0 Å². The zero-order chi connectivity index (χ0) is 18.1. The molecule has 134 valence electrons. The average Bonchev–Trinajstić information content (AvgIpc) is 3.21. The summed E-state index contributed by atoms with van der Waals surface area (Å²) in [6, 6.07) is 9.77. The van der Waals surface area contributed by atoms with E-state index >= 15 is 0 Å². The van der Waals surface area contributed by atoms with Crippen LogP contribution in [0, 0.1) is 0 Å². The number of fused-ring (bicyclic) bond motifs is 1. The van der Waals surface area contributed by atoms with E-state index in [2.05, 4.69) is 15.2 Å². The molecule has 1 N–H and O–H groups in total. The Kier molecular flexibility index (Phi) is 4.32. The van der Waals surface area contributed by atoms with Crippen LogP contribution < -0.4 is 4.90 Å². The molecule has 1 aliphatic heterocycles. The SMILES string of the molecule is CN(C)c1cc(C(=O)N2CCC[C@H](c3cn[nH]c3)C2)c2ccccc2n1. The first-order valence-corrected chi connectivity index (χ1v) is 8.98. The zero-order valence-electron chi connectivity index (χ0n) is 15.1. The lowest BCUT2D eigenvalue weighted by Gasteiger charge is -2.32. The van der Waals surface area contributed by atoms with Gasteiger partial charge in [0.15, 0.2) is 0 Å². The molecule has 1 amide bonds. The molecule has 6 heteroatoms. The van der Waals surface area contributed by atoms with Crippen molar-refractivity contribution in [2.24, 2.45) is 0 Å². The molecule has 6 nitrogen and oxygen atoms in total. The van der Waals surface area contributed by atoms with Crippen molar-refractivity contribution in [3.05, 3.63) is 53.9 Å². The number of hydrogen-bond donors (Lipinski definition) is 1. The average molecular weight is 349 g/mol. The minimum Gasteiger partial charge on any atom is -0.363 e. The van der Waals surface area contributed by atoms with Crippen LogP contribution in [0.15, 0.2) is 42.7 Å². The number of aromatic amines is 1. The summed E-state index contributed by atoms with van der Waals surface area (Å²) < 4.78 is 0. The van der Waals surface area contributed by atoms with Crippen molar-refractivity contribution in [3.8, 4) is 0 Å². The Morgan fingerprint density at radius 3 is 2.92 bits per heavy atom. The van der Waals surface area contributed by atoms with Crippen molar-refractivity contribution in [2.75, 3.05) is 32.1 Å². The van der Waals surface area contributed by atoms with E-state index in [-0.39, 0.29) is 5.91 Å². The molecule has 4 rings (SSSR count). The van der Waals surface area contributed by atoms with Crippen LogP contribution in [0.25, 0.3) is 10.9 Å². The van der Waals surface area contributed by atoms with Gasteiger partial charge in [0.25, 0.3) is 5.91 Å². The van der Waals surface area contributed by atoms with E-state index in [4.69, 9.17) is 0 Å². The number of likely N-dealkylation sites (tertiary alicyclic amines) is 1. The Morgan fingerprint density at radius 1 is 1.31 bits per heavy atom. The molecule has 0 unspecified atom stereocenters. The summed E-state index contributed by atoms with van der Waals surface area (Å²) in [5.74, 6) is 1.23. The fourth-order valence-corrected chi connectivity index (χ4v) is 3.66. The highest BCUT2D eigenvalue weighted by atomic mass is 16.2. The number of aromatic nitrogens is 3. The highest BCUT2D eigenvalue weighted by Gasteiger charge is 2.27. The lowest BCUT2D eigenvalue weighted by molar-refractivity contribution is 0.0709. The molecular weight excluding hydrogens is 326 g/mol. The summed E-state index contributed by atoms with van der Waals surface area (Å²) in [5.41, 5.74) is 2.76. The van der Waals surface area contributed by atoms with Gasteiger partial charge in [-0.2, -0.15) is 5.10 Å².